The van der Waals surface area contributed by atoms with Crippen LogP contribution >= 0.6 is 0 Å². The van der Waals surface area contributed by atoms with Gasteiger partial charge in [-0.25, -0.2) is 9.97 Å². The molecule has 0 bridgehead atoms. The van der Waals surface area contributed by atoms with E-state index in [4.69, 9.17) is 0 Å². The number of carbonyl (C=O) groups excluding carboxylic acids is 1. The number of imidazole rings is 1. The summed E-state index contributed by atoms with van der Waals surface area (Å²) in [5.74, 6) is 0.876. The van der Waals surface area contributed by atoms with Crippen molar-refractivity contribution in [2.24, 2.45) is 0 Å². The Labute approximate surface area is 148 Å². The summed E-state index contributed by atoms with van der Waals surface area (Å²) in [6.07, 6.45) is 10.5. The number of nitrogens with zero attached hydrogens (tertiary/aromatic N) is 4. The molecule has 0 saturated heterocycles. The number of amides is 1. The lowest BCUT2D eigenvalue weighted by Gasteiger charge is -2.34. The molecule has 0 atom stereocenters. The molecule has 4 rings (SSSR count). The minimum absolute atomic E-state index is 0.0611. The summed E-state index contributed by atoms with van der Waals surface area (Å²) in [5.41, 5.74) is 2.83. The van der Waals surface area contributed by atoms with E-state index in [9.17, 15) is 4.79 Å². The molecule has 25 heavy (non-hydrogen) atoms. The number of rotatable bonds is 3. The van der Waals surface area contributed by atoms with Gasteiger partial charge in [0.2, 0.25) is 0 Å². The first-order valence-electron chi connectivity index (χ1n) is 9.22. The number of fused-ring (bicyclic) bond motifs is 1. The Morgan fingerprint density at radius 3 is 2.96 bits per heavy atom. The summed E-state index contributed by atoms with van der Waals surface area (Å²) < 4.78 is 0. The van der Waals surface area contributed by atoms with Crippen LogP contribution in [0.5, 0.6) is 0 Å². The summed E-state index contributed by atoms with van der Waals surface area (Å²) >= 11 is 0. The molecule has 6 heteroatoms. The van der Waals surface area contributed by atoms with Gasteiger partial charge in [-0.15, -0.1) is 0 Å². The van der Waals surface area contributed by atoms with E-state index >= 15 is 0 Å². The average Bonchev–Trinajstić information content (AvgIpc) is 3.15. The van der Waals surface area contributed by atoms with Crippen LogP contribution in [0.4, 0.5) is 5.82 Å². The highest BCUT2D eigenvalue weighted by atomic mass is 16.2. The van der Waals surface area contributed by atoms with Crippen LogP contribution in [0.25, 0.3) is 0 Å². The van der Waals surface area contributed by atoms with Crippen molar-refractivity contribution in [1.82, 2.24) is 19.9 Å². The molecular formula is C19H25N5O. The van der Waals surface area contributed by atoms with Gasteiger partial charge in [0.1, 0.15) is 5.82 Å². The van der Waals surface area contributed by atoms with E-state index in [0.29, 0.717) is 24.7 Å². The number of aromatic amines is 1. The van der Waals surface area contributed by atoms with Crippen LogP contribution in [0.3, 0.4) is 0 Å². The van der Waals surface area contributed by atoms with Crippen LogP contribution in [0.2, 0.25) is 0 Å². The molecule has 0 radical (unpaired) electrons. The van der Waals surface area contributed by atoms with Crippen LogP contribution in [0.15, 0.2) is 24.7 Å². The molecule has 1 amide bonds. The minimum Gasteiger partial charge on any atom is -0.356 e. The average molecular weight is 339 g/mol. The van der Waals surface area contributed by atoms with Gasteiger partial charge in [-0.3, -0.25) is 4.79 Å². The summed E-state index contributed by atoms with van der Waals surface area (Å²) in [6, 6.07) is 4.25. The smallest absolute Gasteiger partial charge is 0.257 e. The van der Waals surface area contributed by atoms with E-state index in [-0.39, 0.29) is 5.91 Å². The second-order valence-electron chi connectivity index (χ2n) is 7.08. The van der Waals surface area contributed by atoms with Gasteiger partial charge < -0.3 is 14.8 Å². The maximum atomic E-state index is 13.2. The third kappa shape index (κ3) is 3.13. The second-order valence-corrected chi connectivity index (χ2v) is 7.08. The van der Waals surface area contributed by atoms with Crippen LogP contribution in [0, 0.1) is 0 Å². The minimum atomic E-state index is 0.0611. The molecule has 0 aromatic carbocycles. The molecular weight excluding hydrogens is 314 g/mol. The lowest BCUT2D eigenvalue weighted by Crippen LogP contribution is -2.39. The van der Waals surface area contributed by atoms with Gasteiger partial charge >= 0.3 is 0 Å². The number of nitrogens with one attached hydrogen (secondary N) is 1. The third-order valence-corrected chi connectivity index (χ3v) is 5.54. The second kappa shape index (κ2) is 6.86. The van der Waals surface area contributed by atoms with Crippen molar-refractivity contribution in [3.05, 3.63) is 41.6 Å². The Morgan fingerprint density at radius 1 is 1.28 bits per heavy atom. The first-order valence-corrected chi connectivity index (χ1v) is 9.22. The topological polar surface area (TPSA) is 65.1 Å². The van der Waals surface area contributed by atoms with Gasteiger partial charge in [-0.1, -0.05) is 19.3 Å². The molecule has 3 heterocycles. The van der Waals surface area contributed by atoms with Crippen molar-refractivity contribution in [3.63, 3.8) is 0 Å². The Bertz CT molecular complexity index is 750. The maximum absolute atomic E-state index is 13.2. The zero-order valence-electron chi connectivity index (χ0n) is 14.7. The predicted molar refractivity (Wildman–Crippen MR) is 96.5 cm³/mol. The highest BCUT2D eigenvalue weighted by Crippen LogP contribution is 2.28. The molecule has 1 fully saturated rings. The van der Waals surface area contributed by atoms with Gasteiger partial charge in [-0.2, -0.15) is 0 Å². The Kier molecular flexibility index (Phi) is 4.42. The van der Waals surface area contributed by atoms with Crippen molar-refractivity contribution in [1.29, 1.82) is 0 Å². The Balaban J connectivity index is 1.57. The number of anilines is 1. The van der Waals surface area contributed by atoms with E-state index in [0.717, 1.165) is 23.6 Å². The largest absolute Gasteiger partial charge is 0.356 e. The van der Waals surface area contributed by atoms with Gasteiger partial charge in [-0.05, 0) is 25.0 Å². The van der Waals surface area contributed by atoms with Gasteiger partial charge in [0.25, 0.3) is 5.91 Å². The van der Waals surface area contributed by atoms with Crippen molar-refractivity contribution in [2.45, 2.75) is 51.1 Å². The van der Waals surface area contributed by atoms with Crippen LogP contribution < -0.4 is 4.90 Å². The highest BCUT2D eigenvalue weighted by molar-refractivity contribution is 5.99. The zero-order valence-corrected chi connectivity index (χ0v) is 14.7. The van der Waals surface area contributed by atoms with Crippen molar-refractivity contribution >= 4 is 11.7 Å². The Hall–Kier alpha value is -2.37. The van der Waals surface area contributed by atoms with Gasteiger partial charge in [0.15, 0.2) is 0 Å². The first-order chi connectivity index (χ1) is 12.2. The number of carbonyl (C=O) groups is 1. The van der Waals surface area contributed by atoms with Crippen molar-refractivity contribution < 1.29 is 4.79 Å². The fourth-order valence-corrected chi connectivity index (χ4v) is 4.04. The first kappa shape index (κ1) is 16.1. The summed E-state index contributed by atoms with van der Waals surface area (Å²) in [4.78, 5) is 29.3. The summed E-state index contributed by atoms with van der Waals surface area (Å²) in [6.45, 7) is 1.30. The van der Waals surface area contributed by atoms with E-state index in [1.807, 2.05) is 17.0 Å². The molecule has 6 nitrogen and oxygen atoms in total. The fraction of sp³-hybridized carbons (Fsp3) is 0.526. The lowest BCUT2D eigenvalue weighted by atomic mass is 9.94. The number of hydrogen-bond acceptors (Lipinski definition) is 4. The standard InChI is InChI=1S/C19H25N5O/c1-23(14-6-3-2-4-7-14)18-15(8-5-10-20-18)19(25)24-11-9-16-17(12-24)22-13-21-16/h5,8,10,13-14H,2-4,6-7,9,11-12H2,1H3,(H,21,22). The van der Waals surface area contributed by atoms with Crippen molar-refractivity contribution in [3.8, 4) is 0 Å². The molecule has 132 valence electrons. The molecule has 2 aliphatic rings. The van der Waals surface area contributed by atoms with E-state index in [2.05, 4.69) is 26.9 Å². The predicted octanol–water partition coefficient (Wildman–Crippen LogP) is 2.77. The zero-order chi connectivity index (χ0) is 17.2. The number of H-pyrrole nitrogens is 1. The van der Waals surface area contributed by atoms with Gasteiger partial charge in [0.05, 0.1) is 29.8 Å². The molecule has 2 aromatic heterocycles. The van der Waals surface area contributed by atoms with Crippen molar-refractivity contribution in [2.75, 3.05) is 18.5 Å². The normalized spacial score (nSPS) is 18.0. The molecule has 0 spiro atoms. The van der Waals surface area contributed by atoms with Crippen LogP contribution in [-0.4, -0.2) is 45.4 Å². The number of hydrogen-bond donors (Lipinski definition) is 1. The number of aromatic nitrogens is 3. The van der Waals surface area contributed by atoms with Crippen LogP contribution in [0.1, 0.15) is 53.8 Å². The highest BCUT2D eigenvalue weighted by Gasteiger charge is 2.28. The molecule has 0 unspecified atom stereocenters. The van der Waals surface area contributed by atoms with E-state index < -0.39 is 0 Å². The lowest BCUT2D eigenvalue weighted by molar-refractivity contribution is 0.0732. The monoisotopic (exact) mass is 339 g/mol. The number of pyridine rings is 1. The van der Waals surface area contributed by atoms with Gasteiger partial charge in [0, 0.05) is 32.3 Å². The molecule has 2 aromatic rings. The van der Waals surface area contributed by atoms with E-state index in [1.54, 1.807) is 12.5 Å². The van der Waals surface area contributed by atoms with E-state index in [1.165, 1.54) is 32.1 Å². The Morgan fingerprint density at radius 2 is 2.12 bits per heavy atom. The quantitative estimate of drug-likeness (QED) is 0.934. The molecule has 1 aliphatic heterocycles. The third-order valence-electron chi connectivity index (χ3n) is 5.54. The summed E-state index contributed by atoms with van der Waals surface area (Å²) in [7, 11) is 2.08. The summed E-state index contributed by atoms with van der Waals surface area (Å²) in [5, 5.41) is 0. The molecule has 1 aliphatic carbocycles. The fourth-order valence-electron chi connectivity index (χ4n) is 4.04. The molecule has 1 N–H and O–H groups in total. The maximum Gasteiger partial charge on any atom is 0.257 e. The van der Waals surface area contributed by atoms with Crippen LogP contribution in [-0.2, 0) is 13.0 Å². The molecule has 1 saturated carbocycles. The SMILES string of the molecule is CN(c1ncccc1C(=O)N1CCc2nc[nH]c2C1)C1CCCCC1.